The third-order valence-electron chi connectivity index (χ3n) is 4.39. The Hall–Kier alpha value is -3.55. The van der Waals surface area contributed by atoms with Gasteiger partial charge in [-0.25, -0.2) is 15.0 Å². The second kappa shape index (κ2) is 6.99. The molecule has 136 valence electrons. The molecule has 1 aromatic carbocycles. The molecule has 27 heavy (non-hydrogen) atoms. The van der Waals surface area contributed by atoms with E-state index in [0.717, 1.165) is 11.2 Å². The van der Waals surface area contributed by atoms with Crippen molar-refractivity contribution < 1.29 is 4.79 Å². The first-order chi connectivity index (χ1) is 13.1. The van der Waals surface area contributed by atoms with E-state index in [1.54, 1.807) is 30.3 Å². The van der Waals surface area contributed by atoms with E-state index in [9.17, 15) is 4.79 Å². The number of pyridine rings is 1. The topological polar surface area (TPSA) is 90.5 Å². The van der Waals surface area contributed by atoms with E-state index < -0.39 is 0 Å². The molecule has 3 aromatic heterocycles. The number of nitrogens with zero attached hydrogens (tertiary/aromatic N) is 6. The van der Waals surface area contributed by atoms with Gasteiger partial charge in [-0.05, 0) is 18.6 Å². The van der Waals surface area contributed by atoms with Crippen molar-refractivity contribution in [3.63, 3.8) is 0 Å². The molecule has 0 saturated carbocycles. The molecule has 0 aliphatic heterocycles. The molecular formula is C19H19N7O. The van der Waals surface area contributed by atoms with E-state index in [-0.39, 0.29) is 11.9 Å². The lowest BCUT2D eigenvalue weighted by Crippen LogP contribution is -2.28. The SMILES string of the molecule is CC(NC(=O)c1cnc2c(c1)ncn2Cc1ccccc1)c1ncnn1C. The molecule has 1 atom stereocenters. The Bertz CT molecular complexity index is 1080. The molecule has 0 radical (unpaired) electrons. The van der Waals surface area contributed by atoms with Crippen LogP contribution in [0.1, 0.15) is 34.7 Å². The van der Waals surface area contributed by atoms with Crippen molar-refractivity contribution in [1.29, 1.82) is 0 Å². The van der Waals surface area contributed by atoms with Crippen LogP contribution in [0.25, 0.3) is 11.2 Å². The van der Waals surface area contributed by atoms with Crippen LogP contribution in [0.4, 0.5) is 0 Å². The summed E-state index contributed by atoms with van der Waals surface area (Å²) >= 11 is 0. The summed E-state index contributed by atoms with van der Waals surface area (Å²) in [5.74, 6) is 0.460. The van der Waals surface area contributed by atoms with E-state index in [2.05, 4.69) is 37.5 Å². The van der Waals surface area contributed by atoms with Crippen molar-refractivity contribution in [1.82, 2.24) is 34.6 Å². The summed E-state index contributed by atoms with van der Waals surface area (Å²) in [6.45, 7) is 2.54. The molecule has 8 heteroatoms. The first kappa shape index (κ1) is 16.9. The Morgan fingerprint density at radius 2 is 2.00 bits per heavy atom. The first-order valence-electron chi connectivity index (χ1n) is 8.61. The van der Waals surface area contributed by atoms with Gasteiger partial charge in [-0.15, -0.1) is 0 Å². The summed E-state index contributed by atoms with van der Waals surface area (Å²) in [6.07, 6.45) is 4.78. The zero-order chi connectivity index (χ0) is 18.8. The Balaban J connectivity index is 1.53. The number of amides is 1. The standard InChI is InChI=1S/C19H19N7O/c1-13(17-21-11-23-25(17)2)24-19(27)15-8-16-18(20-9-15)26(12-22-16)10-14-6-4-3-5-7-14/h3-9,11-13H,10H2,1-2H3,(H,24,27). The monoisotopic (exact) mass is 361 g/mol. The Morgan fingerprint density at radius 1 is 1.19 bits per heavy atom. The number of carbonyl (C=O) groups is 1. The van der Waals surface area contributed by atoms with E-state index in [1.165, 1.54) is 6.33 Å². The van der Waals surface area contributed by atoms with Crippen LogP contribution in [0.2, 0.25) is 0 Å². The Morgan fingerprint density at radius 3 is 2.74 bits per heavy atom. The highest BCUT2D eigenvalue weighted by molar-refractivity contribution is 5.96. The molecule has 0 saturated heterocycles. The average molecular weight is 361 g/mol. The number of hydrogen-bond acceptors (Lipinski definition) is 5. The minimum absolute atomic E-state index is 0.225. The Labute approximate surface area is 155 Å². The summed E-state index contributed by atoms with van der Waals surface area (Å²) in [5.41, 5.74) is 3.06. The van der Waals surface area contributed by atoms with Gasteiger partial charge in [0, 0.05) is 13.2 Å². The smallest absolute Gasteiger partial charge is 0.253 e. The number of fused-ring (bicyclic) bond motifs is 1. The third-order valence-corrected chi connectivity index (χ3v) is 4.39. The largest absolute Gasteiger partial charge is 0.342 e. The quantitative estimate of drug-likeness (QED) is 0.588. The molecule has 0 fully saturated rings. The number of hydrogen-bond donors (Lipinski definition) is 1. The maximum Gasteiger partial charge on any atom is 0.253 e. The summed E-state index contributed by atoms with van der Waals surface area (Å²) in [5, 5.41) is 6.94. The van der Waals surface area contributed by atoms with E-state index in [1.807, 2.05) is 29.7 Å². The highest BCUT2D eigenvalue weighted by Gasteiger charge is 2.16. The molecule has 3 heterocycles. The summed E-state index contributed by atoms with van der Waals surface area (Å²) < 4.78 is 3.60. The van der Waals surface area contributed by atoms with Gasteiger partial charge in [0.25, 0.3) is 5.91 Å². The lowest BCUT2D eigenvalue weighted by atomic mass is 10.2. The van der Waals surface area contributed by atoms with Gasteiger partial charge >= 0.3 is 0 Å². The van der Waals surface area contributed by atoms with Crippen molar-refractivity contribution in [2.45, 2.75) is 19.5 Å². The predicted octanol–water partition coefficient (Wildman–Crippen LogP) is 2.10. The van der Waals surface area contributed by atoms with Gasteiger partial charge in [-0.3, -0.25) is 9.48 Å². The van der Waals surface area contributed by atoms with Crippen LogP contribution in [0.5, 0.6) is 0 Å². The number of carbonyl (C=O) groups excluding carboxylic acids is 1. The number of imidazole rings is 1. The zero-order valence-electron chi connectivity index (χ0n) is 15.1. The number of aromatic nitrogens is 6. The molecule has 4 aromatic rings. The maximum atomic E-state index is 12.6. The van der Waals surface area contributed by atoms with Crippen LogP contribution in [-0.2, 0) is 13.6 Å². The van der Waals surface area contributed by atoms with Crippen LogP contribution in [0, 0.1) is 0 Å². The fourth-order valence-corrected chi connectivity index (χ4v) is 3.01. The lowest BCUT2D eigenvalue weighted by molar-refractivity contribution is 0.0937. The molecular weight excluding hydrogens is 342 g/mol. The van der Waals surface area contributed by atoms with Gasteiger partial charge in [-0.2, -0.15) is 5.10 Å². The Kier molecular flexibility index (Phi) is 4.37. The van der Waals surface area contributed by atoms with Crippen LogP contribution >= 0.6 is 0 Å². The fraction of sp³-hybridized carbons (Fsp3) is 0.211. The molecule has 1 amide bonds. The highest BCUT2D eigenvalue weighted by Crippen LogP contribution is 2.15. The van der Waals surface area contributed by atoms with Gasteiger partial charge < -0.3 is 9.88 Å². The molecule has 0 spiro atoms. The van der Waals surface area contributed by atoms with Gasteiger partial charge in [0.05, 0.1) is 24.5 Å². The van der Waals surface area contributed by atoms with Crippen LogP contribution < -0.4 is 5.32 Å². The maximum absolute atomic E-state index is 12.6. The summed E-state index contributed by atoms with van der Waals surface area (Å²) in [6, 6.07) is 11.6. The number of nitrogens with one attached hydrogen (secondary N) is 1. The molecule has 1 unspecified atom stereocenters. The summed E-state index contributed by atoms with van der Waals surface area (Å²) in [7, 11) is 1.79. The molecule has 4 rings (SSSR count). The molecule has 0 bridgehead atoms. The minimum Gasteiger partial charge on any atom is -0.342 e. The van der Waals surface area contributed by atoms with Crippen LogP contribution in [0.15, 0.2) is 55.2 Å². The molecule has 0 aliphatic rings. The van der Waals surface area contributed by atoms with Crippen LogP contribution in [-0.4, -0.2) is 35.2 Å². The van der Waals surface area contributed by atoms with Crippen molar-refractivity contribution in [3.05, 3.63) is 72.2 Å². The highest BCUT2D eigenvalue weighted by atomic mass is 16.1. The first-order valence-corrected chi connectivity index (χ1v) is 8.61. The van der Waals surface area contributed by atoms with Gasteiger partial charge in [0.1, 0.15) is 17.7 Å². The van der Waals surface area contributed by atoms with E-state index in [0.29, 0.717) is 23.4 Å². The molecule has 1 N–H and O–H groups in total. The fourth-order valence-electron chi connectivity index (χ4n) is 3.01. The third kappa shape index (κ3) is 3.41. The van der Waals surface area contributed by atoms with Crippen LogP contribution in [0.3, 0.4) is 0 Å². The normalized spacial score (nSPS) is 12.2. The molecule has 8 nitrogen and oxygen atoms in total. The van der Waals surface area contributed by atoms with E-state index >= 15 is 0 Å². The van der Waals surface area contributed by atoms with Crippen molar-refractivity contribution in [2.24, 2.45) is 7.05 Å². The van der Waals surface area contributed by atoms with Gasteiger partial charge in [0.15, 0.2) is 5.65 Å². The average Bonchev–Trinajstić information content (AvgIpc) is 3.28. The second-order valence-electron chi connectivity index (χ2n) is 6.36. The summed E-state index contributed by atoms with van der Waals surface area (Å²) in [4.78, 5) is 25.6. The van der Waals surface area contributed by atoms with Gasteiger partial charge in [0.2, 0.25) is 0 Å². The zero-order valence-corrected chi connectivity index (χ0v) is 15.1. The molecule has 0 aliphatic carbocycles. The second-order valence-corrected chi connectivity index (χ2v) is 6.36. The van der Waals surface area contributed by atoms with Crippen molar-refractivity contribution in [3.8, 4) is 0 Å². The number of aryl methyl sites for hydroxylation is 1. The van der Waals surface area contributed by atoms with Crippen molar-refractivity contribution in [2.75, 3.05) is 0 Å². The van der Waals surface area contributed by atoms with E-state index in [4.69, 9.17) is 0 Å². The minimum atomic E-state index is -0.267. The predicted molar refractivity (Wildman–Crippen MR) is 100.0 cm³/mol. The van der Waals surface area contributed by atoms with Crippen molar-refractivity contribution >= 4 is 17.1 Å². The lowest BCUT2D eigenvalue weighted by Gasteiger charge is -2.12. The number of rotatable bonds is 5. The number of benzene rings is 1. The van der Waals surface area contributed by atoms with Gasteiger partial charge in [-0.1, -0.05) is 30.3 Å².